The topological polar surface area (TPSA) is 17.1 Å². The maximum atomic E-state index is 12.2. The Morgan fingerprint density at radius 3 is 2.44 bits per heavy atom. The molecular formula is C13H15ClOS. The van der Waals surface area contributed by atoms with Crippen LogP contribution in [0, 0.1) is 0 Å². The zero-order chi connectivity index (χ0) is 11.8. The van der Waals surface area contributed by atoms with E-state index in [1.807, 2.05) is 37.3 Å². The second kappa shape index (κ2) is 4.34. The molecule has 3 heteroatoms. The zero-order valence-corrected chi connectivity index (χ0v) is 11.1. The summed E-state index contributed by atoms with van der Waals surface area (Å²) in [5.41, 5.74) is 3.44. The van der Waals surface area contributed by atoms with E-state index in [9.17, 15) is 4.21 Å². The molecule has 0 aromatic heterocycles. The van der Waals surface area contributed by atoms with Crippen LogP contribution in [0.15, 0.2) is 41.5 Å². The fourth-order valence-electron chi connectivity index (χ4n) is 1.93. The van der Waals surface area contributed by atoms with Crippen molar-refractivity contribution in [3.05, 3.63) is 47.0 Å². The summed E-state index contributed by atoms with van der Waals surface area (Å²) in [5, 5.41) is 0. The molecule has 1 aliphatic rings. The summed E-state index contributed by atoms with van der Waals surface area (Å²) in [6.45, 7) is 4.11. The van der Waals surface area contributed by atoms with Crippen molar-refractivity contribution in [2.24, 2.45) is 0 Å². The van der Waals surface area contributed by atoms with Gasteiger partial charge in [0.25, 0.3) is 0 Å². The Bertz CT molecular complexity index is 452. The third-order valence-electron chi connectivity index (χ3n) is 3.13. The molecule has 0 fully saturated rings. The molecule has 1 nitrogen and oxygen atoms in total. The van der Waals surface area contributed by atoms with Crippen molar-refractivity contribution in [1.82, 2.24) is 0 Å². The molecule has 2 atom stereocenters. The van der Waals surface area contributed by atoms with Gasteiger partial charge in [-0.3, -0.25) is 4.21 Å². The summed E-state index contributed by atoms with van der Waals surface area (Å²) in [6.07, 6.45) is 0.678. The fraction of sp³-hybridized carbons (Fsp3) is 0.385. The molecule has 0 aliphatic carbocycles. The van der Waals surface area contributed by atoms with Gasteiger partial charge in [0.2, 0.25) is 0 Å². The molecule has 16 heavy (non-hydrogen) atoms. The molecular weight excluding hydrogens is 240 g/mol. The number of hydrogen-bond donors (Lipinski definition) is 0. The summed E-state index contributed by atoms with van der Waals surface area (Å²) in [6, 6.07) is 9.75. The van der Waals surface area contributed by atoms with E-state index in [-0.39, 0.29) is 0 Å². The Kier molecular flexibility index (Phi) is 3.22. The second-order valence-corrected chi connectivity index (χ2v) is 6.87. The zero-order valence-electron chi connectivity index (χ0n) is 9.50. The monoisotopic (exact) mass is 254 g/mol. The average Bonchev–Trinajstić information content (AvgIpc) is 2.28. The van der Waals surface area contributed by atoms with Gasteiger partial charge in [-0.2, -0.15) is 0 Å². The molecule has 0 amide bonds. The van der Waals surface area contributed by atoms with Gasteiger partial charge in [0, 0.05) is 12.2 Å². The lowest BCUT2D eigenvalue weighted by Crippen LogP contribution is -2.31. The minimum atomic E-state index is -1.04. The number of allylic oxidation sites excluding steroid dienone is 1. The maximum Gasteiger partial charge on any atom is 0.148 e. The Labute approximate surface area is 104 Å². The van der Waals surface area contributed by atoms with Gasteiger partial charge < -0.3 is 0 Å². The van der Waals surface area contributed by atoms with Crippen LogP contribution >= 0.6 is 11.6 Å². The standard InChI is InChI=1S/C13H15ClOS/c1-10-8-13(14,16(15)9-11(10)2)12-6-4-3-5-7-12/h3-7H,8-9H2,1-2H3/t13-,16+/m0/s1. The van der Waals surface area contributed by atoms with Crippen molar-refractivity contribution < 1.29 is 4.21 Å². The van der Waals surface area contributed by atoms with Gasteiger partial charge in [0.1, 0.15) is 4.21 Å². The predicted octanol–water partition coefficient (Wildman–Crippen LogP) is 3.57. The van der Waals surface area contributed by atoms with Crippen molar-refractivity contribution in [2.45, 2.75) is 24.5 Å². The van der Waals surface area contributed by atoms with E-state index in [0.29, 0.717) is 12.2 Å². The highest BCUT2D eigenvalue weighted by Gasteiger charge is 2.39. The van der Waals surface area contributed by atoms with Crippen LogP contribution < -0.4 is 0 Å². The van der Waals surface area contributed by atoms with E-state index in [1.54, 1.807) is 0 Å². The van der Waals surface area contributed by atoms with Crippen LogP contribution in [0.25, 0.3) is 0 Å². The molecule has 86 valence electrons. The van der Waals surface area contributed by atoms with Gasteiger partial charge in [-0.25, -0.2) is 0 Å². The minimum Gasteiger partial charge on any atom is -0.257 e. The molecule has 0 radical (unpaired) electrons. The van der Waals surface area contributed by atoms with Crippen LogP contribution in [-0.4, -0.2) is 9.96 Å². The first-order valence-electron chi connectivity index (χ1n) is 5.32. The van der Waals surface area contributed by atoms with Crippen LogP contribution in [0.3, 0.4) is 0 Å². The van der Waals surface area contributed by atoms with Crippen molar-refractivity contribution in [2.75, 3.05) is 5.75 Å². The Hall–Kier alpha value is -0.600. The lowest BCUT2D eigenvalue weighted by Gasteiger charge is -2.32. The molecule has 1 aliphatic heterocycles. The molecule has 0 N–H and O–H groups in total. The summed E-state index contributed by atoms with van der Waals surface area (Å²) in [4.78, 5) is 0. The Balaban J connectivity index is 2.44. The molecule has 2 rings (SSSR count). The highest BCUT2D eigenvalue weighted by molar-refractivity contribution is 7.87. The molecule has 1 aromatic rings. The smallest absolute Gasteiger partial charge is 0.148 e. The van der Waals surface area contributed by atoms with E-state index >= 15 is 0 Å². The first kappa shape index (κ1) is 11.9. The van der Waals surface area contributed by atoms with Crippen molar-refractivity contribution in [3.63, 3.8) is 0 Å². The van der Waals surface area contributed by atoms with Gasteiger partial charge in [-0.15, -0.1) is 0 Å². The first-order chi connectivity index (χ1) is 7.54. The van der Waals surface area contributed by atoms with Gasteiger partial charge in [0.15, 0.2) is 0 Å². The highest BCUT2D eigenvalue weighted by atomic mass is 35.5. The normalized spacial score (nSPS) is 30.6. The largest absolute Gasteiger partial charge is 0.257 e. The van der Waals surface area contributed by atoms with Crippen molar-refractivity contribution in [3.8, 4) is 0 Å². The summed E-state index contributed by atoms with van der Waals surface area (Å²) in [7, 11) is -1.04. The van der Waals surface area contributed by atoms with E-state index in [0.717, 1.165) is 5.56 Å². The van der Waals surface area contributed by atoms with Gasteiger partial charge >= 0.3 is 0 Å². The summed E-state index contributed by atoms with van der Waals surface area (Å²) < 4.78 is 11.5. The number of halogens is 1. The van der Waals surface area contributed by atoms with Crippen LogP contribution in [0.4, 0.5) is 0 Å². The van der Waals surface area contributed by atoms with Crippen LogP contribution in [0.2, 0.25) is 0 Å². The fourth-order valence-corrected chi connectivity index (χ4v) is 4.06. The molecule has 0 saturated heterocycles. The molecule has 1 aromatic carbocycles. The third-order valence-corrected chi connectivity index (χ3v) is 5.80. The molecule has 1 heterocycles. The van der Waals surface area contributed by atoms with E-state index < -0.39 is 15.0 Å². The van der Waals surface area contributed by atoms with E-state index in [4.69, 9.17) is 11.6 Å². The summed E-state index contributed by atoms with van der Waals surface area (Å²) >= 11 is 6.58. The second-order valence-electron chi connectivity index (χ2n) is 4.32. The molecule has 0 unspecified atom stereocenters. The highest BCUT2D eigenvalue weighted by Crippen LogP contribution is 2.43. The molecule has 0 saturated carbocycles. The number of benzene rings is 1. The van der Waals surface area contributed by atoms with Crippen molar-refractivity contribution in [1.29, 1.82) is 0 Å². The van der Waals surface area contributed by atoms with E-state index in [1.165, 1.54) is 11.1 Å². The SMILES string of the molecule is CC1=C(C)C[C@@](Cl)(c2ccccc2)[S@](=O)C1. The number of rotatable bonds is 1. The predicted molar refractivity (Wildman–Crippen MR) is 70.0 cm³/mol. The summed E-state index contributed by atoms with van der Waals surface area (Å²) in [5.74, 6) is 0.588. The van der Waals surface area contributed by atoms with Crippen LogP contribution in [0.5, 0.6) is 0 Å². The van der Waals surface area contributed by atoms with Crippen LogP contribution in [-0.2, 0) is 15.0 Å². The first-order valence-corrected chi connectivity index (χ1v) is 7.02. The average molecular weight is 255 g/mol. The van der Waals surface area contributed by atoms with Crippen molar-refractivity contribution >= 4 is 22.4 Å². The Morgan fingerprint density at radius 2 is 1.81 bits per heavy atom. The number of alkyl halides is 1. The van der Waals surface area contributed by atoms with Gasteiger partial charge in [-0.1, -0.05) is 53.1 Å². The van der Waals surface area contributed by atoms with E-state index in [2.05, 4.69) is 6.92 Å². The van der Waals surface area contributed by atoms with Gasteiger partial charge in [0.05, 0.1) is 10.8 Å². The maximum absolute atomic E-state index is 12.2. The third kappa shape index (κ3) is 1.96. The lowest BCUT2D eigenvalue weighted by molar-refractivity contribution is 0.655. The Morgan fingerprint density at radius 1 is 1.19 bits per heavy atom. The quantitative estimate of drug-likeness (QED) is 0.553. The molecule has 0 spiro atoms. The number of hydrogen-bond acceptors (Lipinski definition) is 1. The minimum absolute atomic E-state index is 0.588. The van der Waals surface area contributed by atoms with Gasteiger partial charge in [-0.05, 0) is 19.4 Å². The van der Waals surface area contributed by atoms with Crippen LogP contribution in [0.1, 0.15) is 25.8 Å². The molecule has 0 bridgehead atoms. The lowest BCUT2D eigenvalue weighted by atomic mass is 10.0.